The molecule has 0 aliphatic heterocycles. The number of allylic oxidation sites excluding steroid dienone is 1. The van der Waals surface area contributed by atoms with Crippen LogP contribution in [-0.4, -0.2) is 6.04 Å². The van der Waals surface area contributed by atoms with Gasteiger partial charge in [-0.15, -0.1) is 0 Å². The molecular formula is C7H15N. The van der Waals surface area contributed by atoms with Gasteiger partial charge in [0.2, 0.25) is 0 Å². The second kappa shape index (κ2) is 4.85. The Morgan fingerprint density at radius 2 is 2.25 bits per heavy atom. The lowest BCUT2D eigenvalue weighted by atomic mass is 10.2. The molecule has 0 aromatic carbocycles. The van der Waals surface area contributed by atoms with Crippen LogP contribution in [0.5, 0.6) is 0 Å². The Hall–Kier alpha value is -0.300. The first-order chi connectivity index (χ1) is 3.81. The van der Waals surface area contributed by atoms with E-state index in [0.29, 0.717) is 6.04 Å². The Labute approximate surface area is 51.6 Å². The van der Waals surface area contributed by atoms with E-state index in [9.17, 15) is 0 Å². The maximum Gasteiger partial charge on any atom is 0.00707 e. The summed E-state index contributed by atoms with van der Waals surface area (Å²) < 4.78 is 0. The predicted octanol–water partition coefficient (Wildman–Crippen LogP) is 1.69. The molecule has 0 amide bonds. The Bertz CT molecular complexity index is 66.8. The van der Waals surface area contributed by atoms with Crippen LogP contribution >= 0.6 is 0 Å². The molecule has 48 valence electrons. The minimum absolute atomic E-state index is 0.367. The minimum Gasteiger partial charge on any atom is -0.327 e. The number of hydrogen-bond donors (Lipinski definition) is 1. The lowest BCUT2D eigenvalue weighted by Gasteiger charge is -2.01. The van der Waals surface area contributed by atoms with Gasteiger partial charge in [-0.2, -0.15) is 0 Å². The molecule has 2 N–H and O–H groups in total. The molecule has 1 heteroatoms. The fourth-order valence-corrected chi connectivity index (χ4v) is 0.478. The summed E-state index contributed by atoms with van der Waals surface area (Å²) in [6.45, 7) is 4.12. The van der Waals surface area contributed by atoms with E-state index in [2.05, 4.69) is 13.0 Å². The highest BCUT2D eigenvalue weighted by molar-refractivity contribution is 4.81. The molecule has 0 saturated heterocycles. The summed E-state index contributed by atoms with van der Waals surface area (Å²) in [6.07, 6.45) is 6.24. The molecule has 0 saturated carbocycles. The zero-order valence-corrected chi connectivity index (χ0v) is 5.72. The van der Waals surface area contributed by atoms with E-state index in [1.54, 1.807) is 0 Å². The minimum atomic E-state index is 0.367. The molecule has 0 fully saturated rings. The van der Waals surface area contributed by atoms with Gasteiger partial charge in [0.25, 0.3) is 0 Å². The topological polar surface area (TPSA) is 26.0 Å². The monoisotopic (exact) mass is 113 g/mol. The second-order valence-corrected chi connectivity index (χ2v) is 1.97. The first-order valence-corrected chi connectivity index (χ1v) is 3.18. The third-order valence-electron chi connectivity index (χ3n) is 1.20. The van der Waals surface area contributed by atoms with Crippen molar-refractivity contribution in [3.63, 3.8) is 0 Å². The van der Waals surface area contributed by atoms with Crippen molar-refractivity contribution in [3.8, 4) is 0 Å². The first kappa shape index (κ1) is 7.70. The van der Waals surface area contributed by atoms with Crippen molar-refractivity contribution < 1.29 is 0 Å². The average Bonchev–Trinajstić information content (AvgIpc) is 1.83. The molecule has 8 heavy (non-hydrogen) atoms. The van der Waals surface area contributed by atoms with Gasteiger partial charge in [-0.05, 0) is 19.8 Å². The van der Waals surface area contributed by atoms with Crippen LogP contribution in [0.2, 0.25) is 0 Å². The lowest BCUT2D eigenvalue weighted by Crippen LogP contribution is -2.16. The van der Waals surface area contributed by atoms with E-state index in [1.807, 2.05) is 13.0 Å². The number of rotatable bonds is 3. The Kier molecular flexibility index (Phi) is 4.67. The van der Waals surface area contributed by atoms with Crippen molar-refractivity contribution in [1.82, 2.24) is 0 Å². The Balaban J connectivity index is 3.10. The molecule has 0 radical (unpaired) electrons. The normalized spacial score (nSPS) is 14.9. The van der Waals surface area contributed by atoms with Crippen LogP contribution in [0.3, 0.4) is 0 Å². The van der Waals surface area contributed by atoms with E-state index in [-0.39, 0.29) is 0 Å². The van der Waals surface area contributed by atoms with Crippen molar-refractivity contribution in [2.24, 2.45) is 5.73 Å². The molecule has 0 aromatic heterocycles. The summed E-state index contributed by atoms with van der Waals surface area (Å²) in [7, 11) is 0. The molecule has 0 aromatic rings. The molecule has 1 nitrogen and oxygen atoms in total. The molecular weight excluding hydrogens is 98.1 g/mol. The standard InChI is InChI=1S/C7H15N/c1-3-5-6-7(8)4-2/h3,5,7H,4,6,8H2,1-2H3/b5-3+/t7-/m0/s1. The highest BCUT2D eigenvalue weighted by Gasteiger charge is 1.91. The van der Waals surface area contributed by atoms with Gasteiger partial charge in [0, 0.05) is 6.04 Å². The Morgan fingerprint density at radius 3 is 2.62 bits per heavy atom. The molecule has 0 heterocycles. The first-order valence-electron chi connectivity index (χ1n) is 3.18. The van der Waals surface area contributed by atoms with E-state index in [1.165, 1.54) is 0 Å². The third-order valence-corrected chi connectivity index (χ3v) is 1.20. The quantitative estimate of drug-likeness (QED) is 0.554. The van der Waals surface area contributed by atoms with Crippen LogP contribution in [0.15, 0.2) is 12.2 Å². The molecule has 0 aliphatic rings. The van der Waals surface area contributed by atoms with Gasteiger partial charge >= 0.3 is 0 Å². The third kappa shape index (κ3) is 3.88. The zero-order valence-electron chi connectivity index (χ0n) is 5.72. The predicted molar refractivity (Wildman–Crippen MR) is 37.7 cm³/mol. The fourth-order valence-electron chi connectivity index (χ4n) is 0.478. The molecule has 0 unspecified atom stereocenters. The van der Waals surface area contributed by atoms with E-state index in [0.717, 1.165) is 12.8 Å². The second-order valence-electron chi connectivity index (χ2n) is 1.97. The summed E-state index contributed by atoms with van der Waals surface area (Å²) in [5, 5.41) is 0. The summed E-state index contributed by atoms with van der Waals surface area (Å²) in [6, 6.07) is 0.367. The van der Waals surface area contributed by atoms with Gasteiger partial charge < -0.3 is 5.73 Å². The van der Waals surface area contributed by atoms with E-state index in [4.69, 9.17) is 5.73 Å². The summed E-state index contributed by atoms with van der Waals surface area (Å²) in [5.74, 6) is 0. The van der Waals surface area contributed by atoms with Gasteiger partial charge in [-0.1, -0.05) is 19.1 Å². The highest BCUT2D eigenvalue weighted by Crippen LogP contribution is 1.93. The molecule has 0 spiro atoms. The van der Waals surface area contributed by atoms with Crippen molar-refractivity contribution >= 4 is 0 Å². The van der Waals surface area contributed by atoms with Crippen LogP contribution in [0, 0.1) is 0 Å². The van der Waals surface area contributed by atoms with Crippen molar-refractivity contribution in [2.75, 3.05) is 0 Å². The zero-order chi connectivity index (χ0) is 6.41. The maximum atomic E-state index is 5.61. The van der Waals surface area contributed by atoms with E-state index >= 15 is 0 Å². The van der Waals surface area contributed by atoms with Crippen LogP contribution in [0.1, 0.15) is 26.7 Å². The van der Waals surface area contributed by atoms with Gasteiger partial charge in [-0.3, -0.25) is 0 Å². The van der Waals surface area contributed by atoms with Crippen LogP contribution in [0.4, 0.5) is 0 Å². The van der Waals surface area contributed by atoms with E-state index < -0.39 is 0 Å². The summed E-state index contributed by atoms with van der Waals surface area (Å²) in [5.41, 5.74) is 5.61. The van der Waals surface area contributed by atoms with Gasteiger partial charge in [0.1, 0.15) is 0 Å². The number of nitrogens with two attached hydrogens (primary N) is 1. The largest absolute Gasteiger partial charge is 0.327 e. The van der Waals surface area contributed by atoms with Crippen molar-refractivity contribution in [1.29, 1.82) is 0 Å². The maximum absolute atomic E-state index is 5.61. The summed E-state index contributed by atoms with van der Waals surface area (Å²) >= 11 is 0. The van der Waals surface area contributed by atoms with Crippen LogP contribution in [0.25, 0.3) is 0 Å². The molecule has 0 bridgehead atoms. The van der Waals surface area contributed by atoms with Crippen LogP contribution < -0.4 is 5.73 Å². The van der Waals surface area contributed by atoms with Gasteiger partial charge in [0.05, 0.1) is 0 Å². The SMILES string of the molecule is C/C=C/C[C@@H](N)CC. The highest BCUT2D eigenvalue weighted by atomic mass is 14.6. The average molecular weight is 113 g/mol. The summed E-state index contributed by atoms with van der Waals surface area (Å²) in [4.78, 5) is 0. The van der Waals surface area contributed by atoms with Crippen LogP contribution in [-0.2, 0) is 0 Å². The lowest BCUT2D eigenvalue weighted by molar-refractivity contribution is 0.659. The van der Waals surface area contributed by atoms with Crippen molar-refractivity contribution in [3.05, 3.63) is 12.2 Å². The smallest absolute Gasteiger partial charge is 0.00707 e. The van der Waals surface area contributed by atoms with Gasteiger partial charge in [0.15, 0.2) is 0 Å². The molecule has 0 rings (SSSR count). The fraction of sp³-hybridized carbons (Fsp3) is 0.714. The Morgan fingerprint density at radius 1 is 1.62 bits per heavy atom. The number of hydrogen-bond acceptors (Lipinski definition) is 1. The molecule has 1 atom stereocenters. The molecule has 0 aliphatic carbocycles. The van der Waals surface area contributed by atoms with Gasteiger partial charge in [-0.25, -0.2) is 0 Å². The van der Waals surface area contributed by atoms with Crippen molar-refractivity contribution in [2.45, 2.75) is 32.7 Å².